The highest BCUT2D eigenvalue weighted by molar-refractivity contribution is 7.86. The molecule has 0 saturated carbocycles. The molecule has 0 saturated heterocycles. The lowest BCUT2D eigenvalue weighted by Gasteiger charge is -2.15. The third-order valence-electron chi connectivity index (χ3n) is 5.08. The monoisotopic (exact) mass is 418 g/mol. The third kappa shape index (κ3) is 9.11. The van der Waals surface area contributed by atoms with Crippen LogP contribution < -0.4 is 0 Å². The summed E-state index contributed by atoms with van der Waals surface area (Å²) in [4.78, 5) is 0.222. The van der Waals surface area contributed by atoms with Crippen LogP contribution in [0, 0.1) is 18.8 Å². The van der Waals surface area contributed by atoms with E-state index in [2.05, 4.69) is 19.1 Å². The summed E-state index contributed by atoms with van der Waals surface area (Å²) in [5, 5.41) is 0. The van der Waals surface area contributed by atoms with Crippen LogP contribution in [-0.4, -0.2) is 21.6 Å². The fourth-order valence-corrected chi connectivity index (χ4v) is 4.09. The number of aryl methyl sites for hydroxylation is 1. The van der Waals surface area contributed by atoms with Gasteiger partial charge in [0.2, 0.25) is 0 Å². The number of hydrogen-bond acceptors (Lipinski definition) is 4. The van der Waals surface area contributed by atoms with Gasteiger partial charge in [-0.1, -0.05) is 74.7 Å². The second-order valence-electron chi connectivity index (χ2n) is 8.02. The van der Waals surface area contributed by atoms with Crippen LogP contribution in [0.1, 0.15) is 50.7 Å². The van der Waals surface area contributed by atoms with Crippen LogP contribution in [-0.2, 0) is 25.6 Å². The Morgan fingerprint density at radius 1 is 0.862 bits per heavy atom. The molecular weight excluding hydrogens is 384 g/mol. The van der Waals surface area contributed by atoms with Gasteiger partial charge in [-0.2, -0.15) is 8.42 Å². The molecular formula is C24H34O4S. The maximum absolute atomic E-state index is 12.2. The average molecular weight is 419 g/mol. The van der Waals surface area contributed by atoms with Crippen molar-refractivity contribution in [3.63, 3.8) is 0 Å². The Hall–Kier alpha value is -1.69. The summed E-state index contributed by atoms with van der Waals surface area (Å²) in [5.41, 5.74) is 2.23. The minimum Gasteiger partial charge on any atom is -0.377 e. The Kier molecular flexibility index (Phi) is 9.85. The van der Waals surface area contributed by atoms with E-state index >= 15 is 0 Å². The normalized spacial score (nSPS) is 13.9. The van der Waals surface area contributed by atoms with Gasteiger partial charge >= 0.3 is 0 Å². The Bertz CT molecular complexity index is 801. The standard InChI is InChI=1S/C24H34O4S/c1-20(16-17-27-19-23-10-5-4-6-11-23)8-7-9-22(3)18-28-29(25,26)24-14-12-21(2)13-15-24/h4-6,10-15,20,22H,7-9,16-19H2,1-3H3/t20-,22+/m0/s1. The summed E-state index contributed by atoms with van der Waals surface area (Å²) in [6, 6.07) is 17.0. The van der Waals surface area contributed by atoms with Gasteiger partial charge in [0.05, 0.1) is 18.1 Å². The van der Waals surface area contributed by atoms with Crippen LogP contribution in [0.3, 0.4) is 0 Å². The van der Waals surface area contributed by atoms with Gasteiger partial charge < -0.3 is 4.74 Å². The molecule has 160 valence electrons. The maximum Gasteiger partial charge on any atom is 0.296 e. The molecule has 0 aliphatic heterocycles. The minimum atomic E-state index is -3.67. The molecule has 5 heteroatoms. The zero-order chi connectivity index (χ0) is 21.1. The molecule has 2 atom stereocenters. The highest BCUT2D eigenvalue weighted by Gasteiger charge is 2.16. The number of rotatable bonds is 13. The van der Waals surface area contributed by atoms with Crippen molar-refractivity contribution in [2.75, 3.05) is 13.2 Å². The molecule has 29 heavy (non-hydrogen) atoms. The molecule has 0 heterocycles. The first-order valence-corrected chi connectivity index (χ1v) is 11.9. The molecule has 0 spiro atoms. The van der Waals surface area contributed by atoms with Gasteiger partial charge in [-0.05, 0) is 49.3 Å². The van der Waals surface area contributed by atoms with Gasteiger partial charge in [-0.3, -0.25) is 4.18 Å². The molecule has 0 N–H and O–H groups in total. The second kappa shape index (κ2) is 12.1. The fraction of sp³-hybridized carbons (Fsp3) is 0.500. The van der Waals surface area contributed by atoms with Crippen LogP contribution >= 0.6 is 0 Å². The summed E-state index contributed by atoms with van der Waals surface area (Å²) in [6.45, 7) is 7.87. The zero-order valence-corrected chi connectivity index (χ0v) is 18.7. The van der Waals surface area contributed by atoms with Gasteiger partial charge in [0.1, 0.15) is 0 Å². The summed E-state index contributed by atoms with van der Waals surface area (Å²) >= 11 is 0. The van der Waals surface area contributed by atoms with E-state index in [-0.39, 0.29) is 17.4 Å². The van der Waals surface area contributed by atoms with Crippen LogP contribution in [0.15, 0.2) is 59.5 Å². The third-order valence-corrected chi connectivity index (χ3v) is 6.37. The molecule has 0 aliphatic carbocycles. The lowest BCUT2D eigenvalue weighted by atomic mass is 9.97. The van der Waals surface area contributed by atoms with E-state index in [1.54, 1.807) is 24.3 Å². The molecule has 0 bridgehead atoms. The Morgan fingerprint density at radius 2 is 1.52 bits per heavy atom. The molecule has 2 aromatic rings. The molecule has 2 aromatic carbocycles. The summed E-state index contributed by atoms with van der Waals surface area (Å²) in [7, 11) is -3.67. The van der Waals surface area contributed by atoms with Crippen molar-refractivity contribution in [1.29, 1.82) is 0 Å². The highest BCUT2D eigenvalue weighted by Crippen LogP contribution is 2.19. The first-order chi connectivity index (χ1) is 13.9. The van der Waals surface area contributed by atoms with Gasteiger partial charge in [0.25, 0.3) is 10.1 Å². The molecule has 0 aromatic heterocycles. The number of benzene rings is 2. The SMILES string of the molecule is Cc1ccc(S(=O)(=O)OC[C@H](C)CCC[C@H](C)CCOCc2ccccc2)cc1. The lowest BCUT2D eigenvalue weighted by molar-refractivity contribution is 0.107. The van der Waals surface area contributed by atoms with Gasteiger partial charge in [0, 0.05) is 6.61 Å². The van der Waals surface area contributed by atoms with Gasteiger partial charge in [0.15, 0.2) is 0 Å². The van der Waals surface area contributed by atoms with Crippen molar-refractivity contribution in [3.8, 4) is 0 Å². The highest BCUT2D eigenvalue weighted by atomic mass is 32.2. The van der Waals surface area contributed by atoms with Gasteiger partial charge in [-0.15, -0.1) is 0 Å². The van der Waals surface area contributed by atoms with Crippen molar-refractivity contribution in [2.45, 2.75) is 58.0 Å². The lowest BCUT2D eigenvalue weighted by Crippen LogP contribution is -2.13. The summed E-state index contributed by atoms with van der Waals surface area (Å²) in [5.74, 6) is 0.798. The Morgan fingerprint density at radius 3 is 2.21 bits per heavy atom. The summed E-state index contributed by atoms with van der Waals surface area (Å²) < 4.78 is 35.5. The van der Waals surface area contributed by atoms with Crippen LogP contribution in [0.2, 0.25) is 0 Å². The maximum atomic E-state index is 12.2. The van der Waals surface area contributed by atoms with E-state index < -0.39 is 10.1 Å². The van der Waals surface area contributed by atoms with Crippen molar-refractivity contribution in [1.82, 2.24) is 0 Å². The molecule has 0 amide bonds. The van der Waals surface area contributed by atoms with E-state index in [1.165, 1.54) is 5.56 Å². The topological polar surface area (TPSA) is 52.6 Å². The van der Waals surface area contributed by atoms with Crippen LogP contribution in [0.5, 0.6) is 0 Å². The predicted octanol–water partition coefficient (Wildman–Crippen LogP) is 5.75. The summed E-state index contributed by atoms with van der Waals surface area (Å²) in [6.07, 6.45) is 4.18. The number of hydrogen-bond donors (Lipinski definition) is 0. The molecule has 4 nitrogen and oxygen atoms in total. The van der Waals surface area contributed by atoms with Crippen LogP contribution in [0.25, 0.3) is 0 Å². The first-order valence-electron chi connectivity index (χ1n) is 10.4. The molecule has 0 unspecified atom stereocenters. The van der Waals surface area contributed by atoms with E-state index in [9.17, 15) is 8.42 Å². The molecule has 2 rings (SSSR count). The van der Waals surface area contributed by atoms with E-state index in [0.717, 1.165) is 37.9 Å². The zero-order valence-electron chi connectivity index (χ0n) is 17.8. The van der Waals surface area contributed by atoms with E-state index in [0.29, 0.717) is 12.5 Å². The molecule has 0 radical (unpaired) electrons. The van der Waals surface area contributed by atoms with Crippen molar-refractivity contribution >= 4 is 10.1 Å². The first kappa shape index (κ1) is 23.6. The second-order valence-corrected chi connectivity index (χ2v) is 9.64. The van der Waals surface area contributed by atoms with E-state index in [4.69, 9.17) is 8.92 Å². The van der Waals surface area contributed by atoms with Crippen molar-refractivity contribution < 1.29 is 17.3 Å². The fourth-order valence-electron chi connectivity index (χ4n) is 3.07. The Balaban J connectivity index is 1.57. The number of ether oxygens (including phenoxy) is 1. The van der Waals surface area contributed by atoms with E-state index in [1.807, 2.05) is 32.0 Å². The minimum absolute atomic E-state index is 0.205. The largest absolute Gasteiger partial charge is 0.377 e. The predicted molar refractivity (Wildman–Crippen MR) is 117 cm³/mol. The Labute approximate surface area is 176 Å². The average Bonchev–Trinajstić information content (AvgIpc) is 2.71. The molecule has 0 aliphatic rings. The molecule has 0 fully saturated rings. The van der Waals surface area contributed by atoms with Gasteiger partial charge in [-0.25, -0.2) is 0 Å². The van der Waals surface area contributed by atoms with Crippen molar-refractivity contribution in [3.05, 3.63) is 65.7 Å². The van der Waals surface area contributed by atoms with Crippen LogP contribution in [0.4, 0.5) is 0 Å². The quantitative estimate of drug-likeness (QED) is 0.307. The van der Waals surface area contributed by atoms with Crippen molar-refractivity contribution in [2.24, 2.45) is 11.8 Å². The smallest absolute Gasteiger partial charge is 0.296 e.